The summed E-state index contributed by atoms with van der Waals surface area (Å²) in [4.78, 5) is 10.6. The summed E-state index contributed by atoms with van der Waals surface area (Å²) in [6, 6.07) is 2.06. The predicted molar refractivity (Wildman–Crippen MR) is 86.8 cm³/mol. The summed E-state index contributed by atoms with van der Waals surface area (Å²) in [5, 5.41) is 0.446. The normalized spacial score (nSPS) is 24.0. The SMILES string of the molecule is C[C@@H]1COCCN1c1cc(N[SH](C)(=O)C2CC2)nc(Cl)n1. The molecule has 0 bridgehead atoms. The van der Waals surface area contributed by atoms with E-state index in [1.165, 1.54) is 0 Å². The Morgan fingerprint density at radius 2 is 2.24 bits per heavy atom. The van der Waals surface area contributed by atoms with Crippen molar-refractivity contribution in [3.8, 4) is 0 Å². The topological polar surface area (TPSA) is 67.3 Å². The van der Waals surface area contributed by atoms with Gasteiger partial charge in [-0.05, 0) is 41.5 Å². The number of nitrogens with one attached hydrogen (secondary N) is 1. The molecule has 0 radical (unpaired) electrons. The van der Waals surface area contributed by atoms with Gasteiger partial charge in [0, 0.05) is 24.1 Å². The molecule has 1 aromatic rings. The van der Waals surface area contributed by atoms with E-state index in [0.29, 0.717) is 19.0 Å². The van der Waals surface area contributed by atoms with Crippen LogP contribution in [0.4, 0.5) is 11.6 Å². The van der Waals surface area contributed by atoms with Gasteiger partial charge in [0.05, 0.1) is 19.3 Å². The van der Waals surface area contributed by atoms with Crippen LogP contribution in [0.2, 0.25) is 5.28 Å². The Morgan fingerprint density at radius 3 is 2.90 bits per heavy atom. The van der Waals surface area contributed by atoms with Crippen LogP contribution in [0.15, 0.2) is 6.07 Å². The lowest BCUT2D eigenvalue weighted by Gasteiger charge is -2.34. The van der Waals surface area contributed by atoms with Crippen LogP contribution < -0.4 is 9.62 Å². The van der Waals surface area contributed by atoms with Gasteiger partial charge < -0.3 is 14.4 Å². The molecule has 118 valence electrons. The van der Waals surface area contributed by atoms with Gasteiger partial charge >= 0.3 is 0 Å². The standard InChI is InChI=1S/C13H21ClN4O2S/c1-9-8-20-6-5-18(9)12-7-11(15-13(14)16-12)17-21(2,19)10-3-4-10/h7,9-10,21H,3-6,8H2,1-2H3,(H,15,16,17,19)/t9-/m1/s1. The van der Waals surface area contributed by atoms with Crippen LogP contribution in [0, 0.1) is 0 Å². The van der Waals surface area contributed by atoms with E-state index in [1.54, 1.807) is 6.26 Å². The van der Waals surface area contributed by atoms with E-state index in [-0.39, 0.29) is 16.6 Å². The molecule has 8 heteroatoms. The number of anilines is 2. The van der Waals surface area contributed by atoms with E-state index >= 15 is 0 Å². The minimum absolute atomic E-state index is 0.171. The summed E-state index contributed by atoms with van der Waals surface area (Å²) in [6.45, 7) is 4.18. The van der Waals surface area contributed by atoms with Crippen molar-refractivity contribution in [3.63, 3.8) is 0 Å². The van der Waals surface area contributed by atoms with Crippen LogP contribution in [-0.4, -0.2) is 51.5 Å². The Kier molecular flexibility index (Phi) is 4.07. The summed E-state index contributed by atoms with van der Waals surface area (Å²) in [6.07, 6.45) is 3.82. The van der Waals surface area contributed by atoms with Crippen LogP contribution in [0.1, 0.15) is 19.8 Å². The molecule has 2 fully saturated rings. The fourth-order valence-corrected chi connectivity index (χ4v) is 4.63. The van der Waals surface area contributed by atoms with Crippen molar-refractivity contribution < 1.29 is 8.95 Å². The molecule has 1 N–H and O–H groups in total. The highest BCUT2D eigenvalue weighted by molar-refractivity contribution is 8.04. The first kappa shape index (κ1) is 15.0. The Labute approximate surface area is 130 Å². The van der Waals surface area contributed by atoms with Crippen molar-refractivity contribution in [3.05, 3.63) is 11.3 Å². The zero-order valence-electron chi connectivity index (χ0n) is 12.3. The van der Waals surface area contributed by atoms with Gasteiger partial charge in [-0.2, -0.15) is 4.98 Å². The fraction of sp³-hybridized carbons (Fsp3) is 0.692. The smallest absolute Gasteiger partial charge is 0.226 e. The first-order chi connectivity index (χ1) is 9.95. The van der Waals surface area contributed by atoms with E-state index < -0.39 is 10.1 Å². The molecule has 0 aromatic carbocycles. The molecule has 0 spiro atoms. The molecule has 1 saturated carbocycles. The largest absolute Gasteiger partial charge is 0.377 e. The van der Waals surface area contributed by atoms with E-state index in [1.807, 2.05) is 6.07 Å². The highest BCUT2D eigenvalue weighted by atomic mass is 35.5. The second-order valence-electron chi connectivity index (χ2n) is 5.83. The molecule has 0 amide bonds. The van der Waals surface area contributed by atoms with Gasteiger partial charge in [0.2, 0.25) is 5.28 Å². The summed E-state index contributed by atoms with van der Waals surface area (Å²) in [7, 11) is -2.41. The van der Waals surface area contributed by atoms with Crippen LogP contribution in [0.25, 0.3) is 0 Å². The number of thiol groups is 1. The van der Waals surface area contributed by atoms with Crippen molar-refractivity contribution in [2.75, 3.05) is 35.6 Å². The number of nitrogens with zero attached hydrogens (tertiary/aromatic N) is 3. The number of hydrogen-bond donors (Lipinski definition) is 2. The third-order valence-corrected chi connectivity index (χ3v) is 6.68. The molecule has 0 unspecified atom stereocenters. The minimum atomic E-state index is -2.41. The fourth-order valence-electron chi connectivity index (χ4n) is 2.56. The van der Waals surface area contributed by atoms with Crippen LogP contribution in [0.3, 0.4) is 0 Å². The summed E-state index contributed by atoms with van der Waals surface area (Å²) in [5.74, 6) is 1.30. The van der Waals surface area contributed by atoms with Crippen LogP contribution >= 0.6 is 11.6 Å². The summed E-state index contributed by atoms with van der Waals surface area (Å²) >= 11 is 6.03. The van der Waals surface area contributed by atoms with Gasteiger partial charge in [0.25, 0.3) is 0 Å². The van der Waals surface area contributed by atoms with Crippen molar-refractivity contribution in [1.29, 1.82) is 0 Å². The van der Waals surface area contributed by atoms with E-state index in [9.17, 15) is 4.21 Å². The minimum Gasteiger partial charge on any atom is -0.377 e. The zero-order valence-corrected chi connectivity index (χ0v) is 13.9. The summed E-state index contributed by atoms with van der Waals surface area (Å²) < 4.78 is 21.1. The molecule has 1 aliphatic heterocycles. The lowest BCUT2D eigenvalue weighted by molar-refractivity contribution is 0.0985. The molecule has 2 aliphatic rings. The molecular formula is C13H21ClN4O2S. The van der Waals surface area contributed by atoms with Gasteiger partial charge in [-0.3, -0.25) is 4.21 Å². The maximum absolute atomic E-state index is 12.6. The van der Waals surface area contributed by atoms with E-state index in [4.69, 9.17) is 16.3 Å². The Balaban J connectivity index is 1.83. The first-order valence-electron chi connectivity index (χ1n) is 7.20. The first-order valence-corrected chi connectivity index (χ1v) is 9.80. The average Bonchev–Trinajstić information content (AvgIpc) is 3.22. The van der Waals surface area contributed by atoms with Gasteiger partial charge in [0.15, 0.2) is 0 Å². The molecule has 3 rings (SSSR count). The van der Waals surface area contributed by atoms with Gasteiger partial charge in [-0.15, -0.1) is 0 Å². The Bertz CT molecular complexity index is 581. The molecule has 1 saturated heterocycles. The third kappa shape index (κ3) is 3.46. The van der Waals surface area contributed by atoms with Crippen LogP contribution in [-0.2, 0) is 14.9 Å². The molecule has 1 atom stereocenters. The number of rotatable bonds is 4. The third-order valence-electron chi connectivity index (χ3n) is 3.93. The molecule has 1 aliphatic carbocycles. The second-order valence-corrected chi connectivity index (χ2v) is 9.10. The van der Waals surface area contributed by atoms with Crippen molar-refractivity contribution in [1.82, 2.24) is 9.97 Å². The quantitative estimate of drug-likeness (QED) is 0.646. The highest BCUT2D eigenvalue weighted by Gasteiger charge is 2.33. The van der Waals surface area contributed by atoms with Crippen molar-refractivity contribution in [2.24, 2.45) is 0 Å². The van der Waals surface area contributed by atoms with Crippen molar-refractivity contribution >= 4 is 33.4 Å². The second kappa shape index (κ2) is 5.70. The number of halogens is 1. The lowest BCUT2D eigenvalue weighted by atomic mass is 10.2. The number of aromatic nitrogens is 2. The van der Waals surface area contributed by atoms with Gasteiger partial charge in [-0.25, -0.2) is 4.98 Å². The predicted octanol–water partition coefficient (Wildman–Crippen LogP) is 1.49. The maximum Gasteiger partial charge on any atom is 0.226 e. The number of hydrogen-bond acceptors (Lipinski definition) is 5. The summed E-state index contributed by atoms with van der Waals surface area (Å²) in [5.41, 5.74) is 0. The van der Waals surface area contributed by atoms with Crippen molar-refractivity contribution in [2.45, 2.75) is 31.1 Å². The molecule has 2 heterocycles. The molecule has 6 nitrogen and oxygen atoms in total. The average molecular weight is 333 g/mol. The van der Waals surface area contributed by atoms with E-state index in [0.717, 1.165) is 25.2 Å². The van der Waals surface area contributed by atoms with Crippen LogP contribution in [0.5, 0.6) is 0 Å². The molecular weight excluding hydrogens is 312 g/mol. The Morgan fingerprint density at radius 1 is 1.48 bits per heavy atom. The van der Waals surface area contributed by atoms with Gasteiger partial charge in [0.1, 0.15) is 11.6 Å². The Hall–Kier alpha value is -0.920. The zero-order chi connectivity index (χ0) is 15.0. The monoisotopic (exact) mass is 332 g/mol. The highest BCUT2D eigenvalue weighted by Crippen LogP contribution is 2.33. The van der Waals surface area contributed by atoms with E-state index in [2.05, 4.69) is 26.5 Å². The molecule has 21 heavy (non-hydrogen) atoms. The van der Waals surface area contributed by atoms with Gasteiger partial charge in [-0.1, -0.05) is 0 Å². The lowest BCUT2D eigenvalue weighted by Crippen LogP contribution is -2.44. The molecule has 1 aromatic heterocycles. The number of ether oxygens (including phenoxy) is 1. The maximum atomic E-state index is 12.6. The number of morpholine rings is 1.